The van der Waals surface area contributed by atoms with Crippen LogP contribution in [0.15, 0.2) is 0 Å². The zero-order valence-electron chi connectivity index (χ0n) is 9.81. The Kier molecular flexibility index (Phi) is 3.16. The smallest absolute Gasteiger partial charge is 0.00722 e. The average Bonchev–Trinajstić information content (AvgIpc) is 1.99. The highest BCUT2D eigenvalue weighted by Gasteiger charge is 2.28. The van der Waals surface area contributed by atoms with Gasteiger partial charge in [0.1, 0.15) is 0 Å². The zero-order valence-corrected chi connectivity index (χ0v) is 9.81. The van der Waals surface area contributed by atoms with Crippen LogP contribution >= 0.6 is 0 Å². The van der Waals surface area contributed by atoms with Crippen LogP contribution in [0.5, 0.6) is 0 Å². The van der Waals surface area contributed by atoms with Crippen LogP contribution in [0.2, 0.25) is 0 Å². The molecule has 0 spiro atoms. The van der Waals surface area contributed by atoms with Crippen LogP contribution in [0.25, 0.3) is 0 Å². The van der Waals surface area contributed by atoms with E-state index in [-0.39, 0.29) is 0 Å². The van der Waals surface area contributed by atoms with Crippen LogP contribution in [0.1, 0.15) is 58.8 Å². The largest absolute Gasteiger partial charge is 0.314 e. The Morgan fingerprint density at radius 2 is 1.93 bits per heavy atom. The first kappa shape index (κ1) is 10.5. The predicted molar refractivity (Wildman–Crippen MR) is 61.4 cm³/mol. The molecule has 1 atom stereocenters. The SMILES string of the molecule is CC1(C)CCCC(NCC2CCC2)C1. The van der Waals surface area contributed by atoms with Crippen molar-refractivity contribution in [1.29, 1.82) is 0 Å². The van der Waals surface area contributed by atoms with Gasteiger partial charge in [-0.2, -0.15) is 0 Å². The Labute approximate surface area is 88.7 Å². The highest BCUT2D eigenvalue weighted by molar-refractivity contribution is 4.84. The van der Waals surface area contributed by atoms with E-state index >= 15 is 0 Å². The van der Waals surface area contributed by atoms with Gasteiger partial charge in [-0.05, 0) is 50.0 Å². The van der Waals surface area contributed by atoms with Crippen molar-refractivity contribution in [2.45, 2.75) is 64.8 Å². The molecule has 0 bridgehead atoms. The van der Waals surface area contributed by atoms with Crippen molar-refractivity contribution in [2.24, 2.45) is 11.3 Å². The van der Waals surface area contributed by atoms with Crippen LogP contribution in [0.3, 0.4) is 0 Å². The maximum absolute atomic E-state index is 3.78. The molecule has 1 heteroatoms. The van der Waals surface area contributed by atoms with Gasteiger partial charge in [-0.15, -0.1) is 0 Å². The van der Waals surface area contributed by atoms with E-state index in [1.165, 1.54) is 51.5 Å². The lowest BCUT2D eigenvalue weighted by Gasteiger charge is -2.37. The fourth-order valence-corrected chi connectivity index (χ4v) is 2.90. The van der Waals surface area contributed by atoms with E-state index < -0.39 is 0 Å². The van der Waals surface area contributed by atoms with E-state index in [4.69, 9.17) is 0 Å². The Morgan fingerprint density at radius 3 is 2.50 bits per heavy atom. The molecule has 0 amide bonds. The number of nitrogens with one attached hydrogen (secondary N) is 1. The minimum atomic E-state index is 0.593. The first-order valence-corrected chi connectivity index (χ1v) is 6.39. The Bertz CT molecular complexity index is 182. The monoisotopic (exact) mass is 195 g/mol. The summed E-state index contributed by atoms with van der Waals surface area (Å²) < 4.78 is 0. The van der Waals surface area contributed by atoms with E-state index in [0.717, 1.165) is 12.0 Å². The molecule has 1 nitrogen and oxygen atoms in total. The second-order valence-corrected chi connectivity index (χ2v) is 6.16. The number of rotatable bonds is 3. The maximum atomic E-state index is 3.78. The van der Waals surface area contributed by atoms with Crippen LogP contribution in [-0.2, 0) is 0 Å². The molecule has 0 radical (unpaired) electrons. The summed E-state index contributed by atoms with van der Waals surface area (Å²) in [6, 6.07) is 0.819. The zero-order chi connectivity index (χ0) is 10.0. The minimum Gasteiger partial charge on any atom is -0.314 e. The fourth-order valence-electron chi connectivity index (χ4n) is 2.90. The lowest BCUT2D eigenvalue weighted by Crippen LogP contribution is -2.40. The molecule has 1 N–H and O–H groups in total. The molecule has 0 aliphatic heterocycles. The van der Waals surface area contributed by atoms with Gasteiger partial charge in [0.05, 0.1) is 0 Å². The lowest BCUT2D eigenvalue weighted by atomic mass is 9.75. The molecular formula is C13H25N. The van der Waals surface area contributed by atoms with Crippen LogP contribution < -0.4 is 5.32 Å². The topological polar surface area (TPSA) is 12.0 Å². The van der Waals surface area contributed by atoms with Gasteiger partial charge in [-0.25, -0.2) is 0 Å². The summed E-state index contributed by atoms with van der Waals surface area (Å²) in [4.78, 5) is 0. The van der Waals surface area contributed by atoms with Crippen molar-refractivity contribution in [3.05, 3.63) is 0 Å². The summed E-state index contributed by atoms with van der Waals surface area (Å²) in [5.74, 6) is 1.01. The van der Waals surface area contributed by atoms with Crippen LogP contribution in [0.4, 0.5) is 0 Å². The van der Waals surface area contributed by atoms with Gasteiger partial charge in [-0.1, -0.05) is 26.7 Å². The van der Waals surface area contributed by atoms with E-state index in [9.17, 15) is 0 Å². The minimum absolute atomic E-state index is 0.593. The molecule has 2 fully saturated rings. The van der Waals surface area contributed by atoms with Gasteiger partial charge >= 0.3 is 0 Å². The van der Waals surface area contributed by atoms with Gasteiger partial charge in [0.25, 0.3) is 0 Å². The maximum Gasteiger partial charge on any atom is 0.00722 e. The molecular weight excluding hydrogens is 170 g/mol. The number of hydrogen-bond donors (Lipinski definition) is 1. The number of hydrogen-bond acceptors (Lipinski definition) is 1. The molecule has 0 heterocycles. The summed E-state index contributed by atoms with van der Waals surface area (Å²) in [5.41, 5.74) is 0.593. The average molecular weight is 195 g/mol. The third-order valence-electron chi connectivity index (χ3n) is 4.13. The molecule has 2 aliphatic rings. The highest BCUT2D eigenvalue weighted by Crippen LogP contribution is 2.35. The quantitative estimate of drug-likeness (QED) is 0.728. The Morgan fingerprint density at radius 1 is 1.14 bits per heavy atom. The fraction of sp³-hybridized carbons (Fsp3) is 1.00. The third kappa shape index (κ3) is 2.73. The molecule has 0 aromatic rings. The van der Waals surface area contributed by atoms with Gasteiger partial charge in [0.15, 0.2) is 0 Å². The van der Waals surface area contributed by atoms with Crippen molar-refractivity contribution in [3.8, 4) is 0 Å². The summed E-state index contributed by atoms with van der Waals surface area (Å²) in [6.45, 7) is 6.13. The normalized spacial score (nSPS) is 32.6. The Balaban J connectivity index is 1.69. The predicted octanol–water partition coefficient (Wildman–Crippen LogP) is 3.34. The molecule has 82 valence electrons. The van der Waals surface area contributed by atoms with Crippen molar-refractivity contribution < 1.29 is 0 Å². The van der Waals surface area contributed by atoms with Crippen molar-refractivity contribution >= 4 is 0 Å². The molecule has 0 aromatic carbocycles. The van der Waals surface area contributed by atoms with E-state index in [1.54, 1.807) is 0 Å². The summed E-state index contributed by atoms with van der Waals surface area (Å²) in [5, 5.41) is 3.78. The molecule has 1 unspecified atom stereocenters. The highest BCUT2D eigenvalue weighted by atomic mass is 14.9. The molecule has 0 saturated heterocycles. The molecule has 14 heavy (non-hydrogen) atoms. The second-order valence-electron chi connectivity index (χ2n) is 6.16. The van der Waals surface area contributed by atoms with Crippen molar-refractivity contribution in [3.63, 3.8) is 0 Å². The third-order valence-corrected chi connectivity index (χ3v) is 4.13. The van der Waals surface area contributed by atoms with Gasteiger partial charge < -0.3 is 5.32 Å². The lowest BCUT2D eigenvalue weighted by molar-refractivity contribution is 0.185. The first-order valence-electron chi connectivity index (χ1n) is 6.39. The summed E-state index contributed by atoms with van der Waals surface area (Å²) in [6.07, 6.45) is 10.1. The van der Waals surface area contributed by atoms with E-state index in [2.05, 4.69) is 19.2 Å². The van der Waals surface area contributed by atoms with Gasteiger partial charge in [-0.3, -0.25) is 0 Å². The van der Waals surface area contributed by atoms with E-state index in [1.807, 2.05) is 0 Å². The Hall–Kier alpha value is -0.0400. The van der Waals surface area contributed by atoms with Crippen LogP contribution in [0, 0.1) is 11.3 Å². The van der Waals surface area contributed by atoms with Crippen LogP contribution in [-0.4, -0.2) is 12.6 Å². The van der Waals surface area contributed by atoms with Crippen molar-refractivity contribution in [2.75, 3.05) is 6.54 Å². The second kappa shape index (κ2) is 4.22. The molecule has 2 rings (SSSR count). The molecule has 0 aromatic heterocycles. The summed E-state index contributed by atoms with van der Waals surface area (Å²) in [7, 11) is 0. The molecule has 2 aliphatic carbocycles. The van der Waals surface area contributed by atoms with Crippen molar-refractivity contribution in [1.82, 2.24) is 5.32 Å². The summed E-state index contributed by atoms with van der Waals surface area (Å²) >= 11 is 0. The standard InChI is InChI=1S/C13H25N/c1-13(2)8-4-7-12(9-13)14-10-11-5-3-6-11/h11-12,14H,3-10H2,1-2H3. The first-order chi connectivity index (χ1) is 6.66. The molecule has 2 saturated carbocycles. The van der Waals surface area contributed by atoms with E-state index in [0.29, 0.717) is 5.41 Å². The van der Waals surface area contributed by atoms with Gasteiger partial charge in [0.2, 0.25) is 0 Å². The van der Waals surface area contributed by atoms with Gasteiger partial charge in [0, 0.05) is 6.04 Å².